The first-order valence-corrected chi connectivity index (χ1v) is 7.59. The van der Waals surface area contributed by atoms with Crippen molar-refractivity contribution >= 4 is 21.6 Å². The summed E-state index contributed by atoms with van der Waals surface area (Å²) < 4.78 is 6.60. The van der Waals surface area contributed by atoms with E-state index in [2.05, 4.69) is 28.2 Å². The van der Waals surface area contributed by atoms with Crippen molar-refractivity contribution in [1.82, 2.24) is 5.32 Å². The fourth-order valence-electron chi connectivity index (χ4n) is 2.01. The highest BCUT2D eigenvalue weighted by Gasteiger charge is 2.15. The lowest BCUT2D eigenvalue weighted by Gasteiger charge is -2.10. The second-order valence-corrected chi connectivity index (χ2v) is 5.65. The number of nitrogens with one attached hydrogen (secondary N) is 1. The van der Waals surface area contributed by atoms with Crippen LogP contribution in [-0.4, -0.2) is 11.5 Å². The van der Waals surface area contributed by atoms with Crippen molar-refractivity contribution in [2.75, 3.05) is 6.54 Å². The van der Waals surface area contributed by atoms with Crippen LogP contribution in [0.2, 0.25) is 0 Å². The summed E-state index contributed by atoms with van der Waals surface area (Å²) in [7, 11) is 0. The number of non-ortho nitro benzene ring substituents is 1. The van der Waals surface area contributed by atoms with Gasteiger partial charge in [-0.3, -0.25) is 10.1 Å². The van der Waals surface area contributed by atoms with Crippen molar-refractivity contribution in [2.24, 2.45) is 0 Å². The van der Waals surface area contributed by atoms with Gasteiger partial charge in [-0.1, -0.05) is 22.9 Å². The van der Waals surface area contributed by atoms with Crippen molar-refractivity contribution in [1.29, 1.82) is 0 Å². The highest BCUT2D eigenvalue weighted by Crippen LogP contribution is 2.33. The number of benzene rings is 1. The van der Waals surface area contributed by atoms with Gasteiger partial charge in [-0.15, -0.1) is 0 Å². The Morgan fingerprint density at radius 2 is 2.14 bits per heavy atom. The van der Waals surface area contributed by atoms with E-state index in [0.717, 1.165) is 23.2 Å². The molecule has 21 heavy (non-hydrogen) atoms. The minimum atomic E-state index is -0.411. The van der Waals surface area contributed by atoms with Crippen LogP contribution in [0.4, 0.5) is 5.69 Å². The zero-order valence-electron chi connectivity index (χ0n) is 11.9. The van der Waals surface area contributed by atoms with E-state index in [1.165, 1.54) is 12.1 Å². The van der Waals surface area contributed by atoms with Gasteiger partial charge in [0, 0.05) is 22.2 Å². The van der Waals surface area contributed by atoms with Crippen LogP contribution in [0.15, 0.2) is 39.2 Å². The number of rotatable bonds is 6. The molecule has 1 aromatic heterocycles. The lowest BCUT2D eigenvalue weighted by Crippen LogP contribution is -2.18. The van der Waals surface area contributed by atoms with Crippen LogP contribution < -0.4 is 5.32 Å². The third kappa shape index (κ3) is 3.71. The predicted octanol–water partition coefficient (Wildman–Crippen LogP) is 4.68. The summed E-state index contributed by atoms with van der Waals surface area (Å²) in [5.41, 5.74) is 0.724. The fourth-order valence-corrected chi connectivity index (χ4v) is 2.45. The first-order valence-electron chi connectivity index (χ1n) is 6.80. The molecule has 0 fully saturated rings. The van der Waals surface area contributed by atoms with Gasteiger partial charge in [0.1, 0.15) is 11.5 Å². The smallest absolute Gasteiger partial charge is 0.270 e. The average molecular weight is 353 g/mol. The number of hydrogen-bond acceptors (Lipinski definition) is 4. The minimum Gasteiger partial charge on any atom is -0.459 e. The Hall–Kier alpha value is -1.66. The Labute approximate surface area is 131 Å². The zero-order chi connectivity index (χ0) is 15.4. The standard InChI is InChI=1S/C15H17BrN2O3/c1-3-8-17-10(2)14-6-7-15(21-14)12-9-11(18(19)20)4-5-13(12)16/h4-7,9-10,17H,3,8H2,1-2H3. The highest BCUT2D eigenvalue weighted by molar-refractivity contribution is 9.10. The Morgan fingerprint density at radius 1 is 1.38 bits per heavy atom. The quantitative estimate of drug-likeness (QED) is 0.605. The summed E-state index contributed by atoms with van der Waals surface area (Å²) in [5.74, 6) is 1.43. The van der Waals surface area contributed by atoms with E-state index in [9.17, 15) is 10.1 Å². The van der Waals surface area contributed by atoms with Crippen molar-refractivity contribution in [3.05, 3.63) is 50.7 Å². The molecule has 1 N–H and O–H groups in total. The molecule has 6 heteroatoms. The maximum Gasteiger partial charge on any atom is 0.270 e. The first-order chi connectivity index (χ1) is 10.0. The summed E-state index contributed by atoms with van der Waals surface area (Å²) >= 11 is 3.41. The normalized spacial score (nSPS) is 12.3. The number of halogens is 1. The Morgan fingerprint density at radius 3 is 2.81 bits per heavy atom. The number of furan rings is 1. The summed E-state index contributed by atoms with van der Waals surface area (Å²) in [6, 6.07) is 8.47. The number of nitro benzene ring substituents is 1. The largest absolute Gasteiger partial charge is 0.459 e. The van der Waals surface area contributed by atoms with Gasteiger partial charge in [0.05, 0.1) is 11.0 Å². The predicted molar refractivity (Wildman–Crippen MR) is 85.2 cm³/mol. The van der Waals surface area contributed by atoms with E-state index in [1.807, 2.05) is 19.1 Å². The molecule has 0 aliphatic heterocycles. The van der Waals surface area contributed by atoms with Crippen LogP contribution in [0.1, 0.15) is 32.1 Å². The van der Waals surface area contributed by atoms with Gasteiger partial charge >= 0.3 is 0 Å². The summed E-state index contributed by atoms with van der Waals surface area (Å²) in [6.07, 6.45) is 1.05. The minimum absolute atomic E-state index is 0.0447. The molecule has 2 rings (SSSR count). The van der Waals surface area contributed by atoms with Gasteiger partial charge < -0.3 is 9.73 Å². The molecule has 1 heterocycles. The molecule has 0 bridgehead atoms. The van der Waals surface area contributed by atoms with E-state index >= 15 is 0 Å². The summed E-state index contributed by atoms with van der Waals surface area (Å²) in [5, 5.41) is 14.2. The fraction of sp³-hybridized carbons (Fsp3) is 0.333. The van der Waals surface area contributed by atoms with E-state index in [0.29, 0.717) is 11.3 Å². The van der Waals surface area contributed by atoms with Crippen molar-refractivity contribution in [3.63, 3.8) is 0 Å². The maximum absolute atomic E-state index is 10.9. The monoisotopic (exact) mass is 352 g/mol. The molecule has 0 saturated heterocycles. The molecule has 5 nitrogen and oxygen atoms in total. The van der Waals surface area contributed by atoms with Crippen LogP contribution in [-0.2, 0) is 0 Å². The molecule has 0 spiro atoms. The Balaban J connectivity index is 2.29. The van der Waals surface area contributed by atoms with Crippen LogP contribution >= 0.6 is 15.9 Å². The lowest BCUT2D eigenvalue weighted by atomic mass is 10.1. The molecule has 0 saturated carbocycles. The molecule has 0 amide bonds. The van der Waals surface area contributed by atoms with Crippen LogP contribution in [0, 0.1) is 10.1 Å². The second-order valence-electron chi connectivity index (χ2n) is 4.80. The van der Waals surface area contributed by atoms with E-state index < -0.39 is 4.92 Å². The Bertz CT molecular complexity index is 640. The van der Waals surface area contributed by atoms with Crippen molar-refractivity contribution < 1.29 is 9.34 Å². The number of hydrogen-bond donors (Lipinski definition) is 1. The van der Waals surface area contributed by atoms with Crippen LogP contribution in [0.3, 0.4) is 0 Å². The van der Waals surface area contributed by atoms with Crippen molar-refractivity contribution in [2.45, 2.75) is 26.3 Å². The van der Waals surface area contributed by atoms with Crippen molar-refractivity contribution in [3.8, 4) is 11.3 Å². The van der Waals surface area contributed by atoms with Gasteiger partial charge in [0.15, 0.2) is 0 Å². The molecule has 1 atom stereocenters. The lowest BCUT2D eigenvalue weighted by molar-refractivity contribution is -0.384. The van der Waals surface area contributed by atoms with E-state index in [4.69, 9.17) is 4.42 Å². The molecule has 0 aliphatic rings. The molecular weight excluding hydrogens is 336 g/mol. The van der Waals surface area contributed by atoms with Crippen LogP contribution in [0.25, 0.3) is 11.3 Å². The first kappa shape index (κ1) is 15.7. The van der Waals surface area contributed by atoms with Gasteiger partial charge in [-0.2, -0.15) is 0 Å². The molecule has 2 aromatic rings. The average Bonchev–Trinajstić information content (AvgIpc) is 2.94. The molecular formula is C15H17BrN2O3. The molecule has 0 aliphatic carbocycles. The highest BCUT2D eigenvalue weighted by atomic mass is 79.9. The van der Waals surface area contributed by atoms with E-state index in [-0.39, 0.29) is 11.7 Å². The molecule has 1 unspecified atom stereocenters. The molecule has 1 aromatic carbocycles. The molecule has 0 radical (unpaired) electrons. The van der Waals surface area contributed by atoms with Gasteiger partial charge in [0.2, 0.25) is 0 Å². The number of nitro groups is 1. The van der Waals surface area contributed by atoms with Gasteiger partial charge in [-0.05, 0) is 38.1 Å². The van der Waals surface area contributed by atoms with Crippen LogP contribution in [0.5, 0.6) is 0 Å². The second kappa shape index (κ2) is 6.87. The topological polar surface area (TPSA) is 68.3 Å². The SMILES string of the molecule is CCCNC(C)c1ccc(-c2cc([N+](=O)[O-])ccc2Br)o1. The zero-order valence-corrected chi connectivity index (χ0v) is 13.5. The van der Waals surface area contributed by atoms with E-state index in [1.54, 1.807) is 6.07 Å². The summed E-state index contributed by atoms with van der Waals surface area (Å²) in [4.78, 5) is 10.5. The maximum atomic E-state index is 10.9. The number of nitrogens with zero attached hydrogens (tertiary/aromatic N) is 1. The van der Waals surface area contributed by atoms with Gasteiger partial charge in [0.25, 0.3) is 5.69 Å². The third-order valence-corrected chi connectivity index (χ3v) is 3.87. The summed E-state index contributed by atoms with van der Waals surface area (Å²) in [6.45, 7) is 5.05. The Kier molecular flexibility index (Phi) is 5.14. The van der Waals surface area contributed by atoms with Gasteiger partial charge in [-0.25, -0.2) is 0 Å². The molecule has 112 valence electrons. The third-order valence-electron chi connectivity index (χ3n) is 3.18.